The zero-order valence-electron chi connectivity index (χ0n) is 15.2. The predicted molar refractivity (Wildman–Crippen MR) is 94.5 cm³/mol. The molecule has 1 saturated heterocycles. The number of amides is 2. The summed E-state index contributed by atoms with van der Waals surface area (Å²) in [5, 5.41) is 0. The normalized spacial score (nSPS) is 27.3. The standard InChI is InChI=1S/C20H24F2N2O3/c21-20(22)27-17-4-2-1-3-15(17)18(25)23-7-9-24(10-8-23)19(26)16-12-13-5-6-14(16)11-13/h1-4,13-14,16,20H,5-12H2/t13-,14-,16-/m0/s1. The van der Waals surface area contributed by atoms with Crippen LogP contribution in [0.25, 0.3) is 0 Å². The summed E-state index contributed by atoms with van der Waals surface area (Å²) in [5.74, 6) is 1.21. The molecule has 7 heteroatoms. The van der Waals surface area contributed by atoms with Crippen LogP contribution in [0.15, 0.2) is 24.3 Å². The lowest BCUT2D eigenvalue weighted by Gasteiger charge is -2.37. The lowest BCUT2D eigenvalue weighted by atomic mass is 9.87. The molecule has 1 aromatic rings. The number of halogens is 2. The Balaban J connectivity index is 1.37. The summed E-state index contributed by atoms with van der Waals surface area (Å²) in [6.07, 6.45) is 4.63. The van der Waals surface area contributed by atoms with Gasteiger partial charge in [0.05, 0.1) is 5.56 Å². The highest BCUT2D eigenvalue weighted by molar-refractivity contribution is 5.97. The Morgan fingerprint density at radius 2 is 1.70 bits per heavy atom. The van der Waals surface area contributed by atoms with Crippen LogP contribution in [0.1, 0.15) is 36.0 Å². The highest BCUT2D eigenvalue weighted by Crippen LogP contribution is 2.48. The van der Waals surface area contributed by atoms with E-state index in [1.54, 1.807) is 17.0 Å². The summed E-state index contributed by atoms with van der Waals surface area (Å²) >= 11 is 0. The molecule has 1 aliphatic heterocycles. The van der Waals surface area contributed by atoms with Crippen molar-refractivity contribution in [2.45, 2.75) is 32.3 Å². The fourth-order valence-electron chi connectivity index (χ4n) is 4.92. The summed E-state index contributed by atoms with van der Waals surface area (Å²) in [4.78, 5) is 29.0. The van der Waals surface area contributed by atoms with Gasteiger partial charge in [0.1, 0.15) is 5.75 Å². The van der Waals surface area contributed by atoms with Crippen LogP contribution in [0.3, 0.4) is 0 Å². The minimum Gasteiger partial charge on any atom is -0.434 e. The van der Waals surface area contributed by atoms with Crippen LogP contribution < -0.4 is 4.74 Å². The largest absolute Gasteiger partial charge is 0.434 e. The average molecular weight is 378 g/mol. The van der Waals surface area contributed by atoms with Crippen molar-refractivity contribution in [3.05, 3.63) is 29.8 Å². The molecule has 0 radical (unpaired) electrons. The topological polar surface area (TPSA) is 49.9 Å². The zero-order valence-corrected chi connectivity index (χ0v) is 15.2. The maximum atomic E-state index is 12.8. The molecular weight excluding hydrogens is 354 g/mol. The van der Waals surface area contributed by atoms with Gasteiger partial charge >= 0.3 is 6.61 Å². The van der Waals surface area contributed by atoms with Crippen LogP contribution in [0.4, 0.5) is 8.78 Å². The first-order valence-corrected chi connectivity index (χ1v) is 9.65. The molecule has 1 heterocycles. The van der Waals surface area contributed by atoms with Gasteiger partial charge in [-0.15, -0.1) is 0 Å². The second kappa shape index (κ2) is 7.44. The van der Waals surface area contributed by atoms with E-state index in [1.165, 1.54) is 31.4 Å². The van der Waals surface area contributed by atoms with Gasteiger partial charge in [-0.25, -0.2) is 0 Å². The number of rotatable bonds is 4. The van der Waals surface area contributed by atoms with E-state index < -0.39 is 6.61 Å². The Kier molecular flexibility index (Phi) is 5.02. The number of ether oxygens (including phenoxy) is 1. The molecule has 0 N–H and O–H groups in total. The molecule has 2 amide bonds. The molecule has 146 valence electrons. The molecule has 5 nitrogen and oxygen atoms in total. The number of benzene rings is 1. The monoisotopic (exact) mass is 378 g/mol. The van der Waals surface area contributed by atoms with Crippen molar-refractivity contribution in [2.24, 2.45) is 17.8 Å². The number of carbonyl (C=O) groups is 2. The Morgan fingerprint density at radius 3 is 2.33 bits per heavy atom. The van der Waals surface area contributed by atoms with Crippen LogP contribution in [-0.4, -0.2) is 54.4 Å². The molecule has 3 fully saturated rings. The van der Waals surface area contributed by atoms with E-state index in [1.807, 2.05) is 4.90 Å². The van der Waals surface area contributed by atoms with Gasteiger partial charge in [-0.2, -0.15) is 8.78 Å². The zero-order chi connectivity index (χ0) is 19.0. The number of para-hydroxylation sites is 1. The van der Waals surface area contributed by atoms with Gasteiger partial charge in [-0.05, 0) is 43.2 Å². The fourth-order valence-corrected chi connectivity index (χ4v) is 4.92. The molecule has 4 rings (SSSR count). The molecule has 3 aliphatic rings. The van der Waals surface area contributed by atoms with E-state index in [0.29, 0.717) is 32.1 Å². The van der Waals surface area contributed by atoms with Crippen LogP contribution in [0.2, 0.25) is 0 Å². The number of piperazine rings is 1. The SMILES string of the molecule is O=C(c1ccccc1OC(F)F)N1CCN(C(=O)[C@H]2C[C@H]3CC[C@H]2C3)CC1. The summed E-state index contributed by atoms with van der Waals surface area (Å²) < 4.78 is 29.6. The van der Waals surface area contributed by atoms with Crippen molar-refractivity contribution in [2.75, 3.05) is 26.2 Å². The van der Waals surface area contributed by atoms with Gasteiger partial charge in [0, 0.05) is 32.1 Å². The first-order valence-electron chi connectivity index (χ1n) is 9.65. The van der Waals surface area contributed by atoms with Crippen LogP contribution in [-0.2, 0) is 4.79 Å². The molecule has 2 aliphatic carbocycles. The second-order valence-corrected chi connectivity index (χ2v) is 7.77. The van der Waals surface area contributed by atoms with Gasteiger partial charge < -0.3 is 14.5 Å². The average Bonchev–Trinajstić information content (AvgIpc) is 3.30. The summed E-state index contributed by atoms with van der Waals surface area (Å²) in [6, 6.07) is 6.04. The molecule has 0 spiro atoms. The minimum absolute atomic E-state index is 0.113. The van der Waals surface area contributed by atoms with Crippen molar-refractivity contribution in [3.63, 3.8) is 0 Å². The number of fused-ring (bicyclic) bond motifs is 2. The highest BCUT2D eigenvalue weighted by Gasteiger charge is 2.44. The van der Waals surface area contributed by atoms with Crippen molar-refractivity contribution >= 4 is 11.8 Å². The molecule has 1 aromatic carbocycles. The van der Waals surface area contributed by atoms with E-state index in [9.17, 15) is 18.4 Å². The van der Waals surface area contributed by atoms with E-state index in [4.69, 9.17) is 0 Å². The number of hydrogen-bond donors (Lipinski definition) is 0. The second-order valence-electron chi connectivity index (χ2n) is 7.77. The van der Waals surface area contributed by atoms with Crippen molar-refractivity contribution < 1.29 is 23.1 Å². The lowest BCUT2D eigenvalue weighted by Crippen LogP contribution is -2.52. The lowest BCUT2D eigenvalue weighted by molar-refractivity contribution is -0.138. The maximum Gasteiger partial charge on any atom is 0.387 e. The van der Waals surface area contributed by atoms with E-state index >= 15 is 0 Å². The van der Waals surface area contributed by atoms with Crippen LogP contribution in [0, 0.1) is 17.8 Å². The first kappa shape index (κ1) is 18.2. The van der Waals surface area contributed by atoms with E-state index in [0.717, 1.165) is 12.3 Å². The smallest absolute Gasteiger partial charge is 0.387 e. The van der Waals surface area contributed by atoms with Crippen molar-refractivity contribution in [3.8, 4) is 5.75 Å². The minimum atomic E-state index is -2.98. The van der Waals surface area contributed by atoms with Gasteiger partial charge in [0.15, 0.2) is 0 Å². The fraction of sp³-hybridized carbons (Fsp3) is 0.600. The maximum absolute atomic E-state index is 12.8. The van der Waals surface area contributed by atoms with Gasteiger partial charge in [0.2, 0.25) is 5.91 Å². The molecule has 0 unspecified atom stereocenters. The Hall–Kier alpha value is -2.18. The third-order valence-electron chi connectivity index (χ3n) is 6.27. The molecule has 0 aromatic heterocycles. The number of carbonyl (C=O) groups excluding carboxylic acids is 2. The summed E-state index contributed by atoms with van der Waals surface area (Å²) in [5.41, 5.74) is 0.130. The predicted octanol–water partition coefficient (Wildman–Crippen LogP) is 3.01. The van der Waals surface area contributed by atoms with E-state index in [2.05, 4.69) is 4.74 Å². The van der Waals surface area contributed by atoms with Gasteiger partial charge in [-0.1, -0.05) is 18.6 Å². The number of hydrogen-bond acceptors (Lipinski definition) is 3. The third kappa shape index (κ3) is 3.64. The molecule has 3 atom stereocenters. The Labute approximate surface area is 157 Å². The van der Waals surface area contributed by atoms with Crippen molar-refractivity contribution in [1.82, 2.24) is 9.80 Å². The molecular formula is C20H24F2N2O3. The molecule has 2 saturated carbocycles. The van der Waals surface area contributed by atoms with Crippen LogP contribution >= 0.6 is 0 Å². The number of nitrogens with zero attached hydrogens (tertiary/aromatic N) is 2. The highest BCUT2D eigenvalue weighted by atomic mass is 19.3. The Morgan fingerprint density at radius 1 is 1.00 bits per heavy atom. The molecule has 27 heavy (non-hydrogen) atoms. The Bertz CT molecular complexity index is 719. The first-order chi connectivity index (χ1) is 13.0. The quantitative estimate of drug-likeness (QED) is 0.809. The van der Waals surface area contributed by atoms with Crippen LogP contribution in [0.5, 0.6) is 5.75 Å². The third-order valence-corrected chi connectivity index (χ3v) is 6.27. The molecule has 2 bridgehead atoms. The summed E-state index contributed by atoms with van der Waals surface area (Å²) in [6.45, 7) is -1.16. The van der Waals surface area contributed by atoms with Gasteiger partial charge in [0.25, 0.3) is 5.91 Å². The number of alkyl halides is 2. The van der Waals surface area contributed by atoms with Crippen molar-refractivity contribution in [1.29, 1.82) is 0 Å². The van der Waals surface area contributed by atoms with Gasteiger partial charge in [-0.3, -0.25) is 9.59 Å². The summed E-state index contributed by atoms with van der Waals surface area (Å²) in [7, 11) is 0. The van der Waals surface area contributed by atoms with E-state index in [-0.39, 0.29) is 29.0 Å².